The molecule has 0 saturated carbocycles. The molecule has 0 N–H and O–H groups in total. The number of hydrogen-bond acceptors (Lipinski definition) is 2. The minimum Gasteiger partial charge on any atom is -0.206 e. The second-order valence-electron chi connectivity index (χ2n) is 8.62. The summed E-state index contributed by atoms with van der Waals surface area (Å²) in [6, 6.07) is 21.6. The van der Waals surface area contributed by atoms with E-state index in [9.17, 15) is 4.39 Å². The van der Waals surface area contributed by atoms with E-state index in [0.717, 1.165) is 36.8 Å². The summed E-state index contributed by atoms with van der Waals surface area (Å²) in [6.45, 7) is 6.00. The second-order valence-corrected chi connectivity index (χ2v) is 8.62. The number of hydrogen-bond donors (Lipinski definition) is 0. The highest BCUT2D eigenvalue weighted by Gasteiger charge is 2.06. The number of nitrogens with zero attached hydrogens (tertiary/aromatic N) is 2. The van der Waals surface area contributed by atoms with Crippen LogP contribution in [0, 0.1) is 5.82 Å². The van der Waals surface area contributed by atoms with Crippen LogP contribution in [-0.2, 0) is 12.8 Å². The van der Waals surface area contributed by atoms with Crippen LogP contribution in [0.1, 0.15) is 67.7 Å². The van der Waals surface area contributed by atoms with E-state index in [1.807, 2.05) is 48.5 Å². The lowest BCUT2D eigenvalue weighted by Crippen LogP contribution is -1.93. The van der Waals surface area contributed by atoms with Crippen molar-refractivity contribution in [3.63, 3.8) is 0 Å². The average Bonchev–Trinajstić information content (AvgIpc) is 2.86. The summed E-state index contributed by atoms with van der Waals surface area (Å²) < 4.78 is 14.8. The highest BCUT2D eigenvalue weighted by atomic mass is 19.1. The highest BCUT2D eigenvalue weighted by Crippen LogP contribution is 2.24. The maximum Gasteiger partial charge on any atom is 0.131 e. The van der Waals surface area contributed by atoms with E-state index in [-0.39, 0.29) is 5.82 Å². The van der Waals surface area contributed by atoms with Gasteiger partial charge in [-0.2, -0.15) is 10.2 Å². The molecule has 34 heavy (non-hydrogen) atoms. The molecular formula is C31H35FN2. The lowest BCUT2D eigenvalue weighted by atomic mass is 10.00. The summed E-state index contributed by atoms with van der Waals surface area (Å²) in [5, 5.41) is 8.32. The molecule has 0 aliphatic rings. The first kappa shape index (κ1) is 25.3. The van der Waals surface area contributed by atoms with E-state index in [1.165, 1.54) is 42.9 Å². The molecule has 3 heteroatoms. The monoisotopic (exact) mass is 454 g/mol. The van der Waals surface area contributed by atoms with Crippen LogP contribution in [0.3, 0.4) is 0 Å². The zero-order valence-corrected chi connectivity index (χ0v) is 20.2. The van der Waals surface area contributed by atoms with Gasteiger partial charge in [-0.1, -0.05) is 92.9 Å². The maximum absolute atomic E-state index is 14.8. The normalized spacial score (nSPS) is 11.5. The van der Waals surface area contributed by atoms with E-state index in [0.29, 0.717) is 11.1 Å². The lowest BCUT2D eigenvalue weighted by molar-refractivity contribution is 0.631. The van der Waals surface area contributed by atoms with Crippen molar-refractivity contribution < 1.29 is 4.39 Å². The predicted octanol–water partition coefficient (Wildman–Crippen LogP) is 8.58. The van der Waals surface area contributed by atoms with Gasteiger partial charge in [-0.3, -0.25) is 0 Å². The van der Waals surface area contributed by atoms with Gasteiger partial charge in [-0.15, -0.1) is 6.58 Å². The topological polar surface area (TPSA) is 24.7 Å². The van der Waals surface area contributed by atoms with Crippen LogP contribution in [0.2, 0.25) is 0 Å². The van der Waals surface area contributed by atoms with Gasteiger partial charge in [-0.05, 0) is 66.0 Å². The summed E-state index contributed by atoms with van der Waals surface area (Å²) in [5.74, 6) is -0.254. The first-order valence-electron chi connectivity index (χ1n) is 12.4. The molecule has 0 aromatic heterocycles. The zero-order valence-electron chi connectivity index (χ0n) is 20.2. The van der Waals surface area contributed by atoms with Gasteiger partial charge in [-0.25, -0.2) is 4.39 Å². The van der Waals surface area contributed by atoms with E-state index >= 15 is 0 Å². The van der Waals surface area contributed by atoms with Crippen LogP contribution in [0.4, 0.5) is 4.39 Å². The number of allylic oxidation sites excluding steroid dienone is 1. The van der Waals surface area contributed by atoms with E-state index in [1.54, 1.807) is 12.4 Å². The van der Waals surface area contributed by atoms with Crippen molar-refractivity contribution in [3.05, 3.63) is 107 Å². The van der Waals surface area contributed by atoms with Crippen molar-refractivity contribution in [2.24, 2.45) is 10.2 Å². The smallest absolute Gasteiger partial charge is 0.131 e. The van der Waals surface area contributed by atoms with Gasteiger partial charge in [0.25, 0.3) is 0 Å². The Hall–Kier alpha value is -3.33. The summed E-state index contributed by atoms with van der Waals surface area (Å²) in [7, 11) is 0. The average molecular weight is 455 g/mol. The van der Waals surface area contributed by atoms with Crippen molar-refractivity contribution in [1.29, 1.82) is 0 Å². The molecule has 0 radical (unpaired) electrons. The molecule has 176 valence electrons. The molecule has 0 bridgehead atoms. The van der Waals surface area contributed by atoms with Crippen LogP contribution >= 0.6 is 0 Å². The van der Waals surface area contributed by atoms with Gasteiger partial charge in [0, 0.05) is 5.56 Å². The summed E-state index contributed by atoms with van der Waals surface area (Å²) >= 11 is 0. The Morgan fingerprint density at radius 1 is 0.824 bits per heavy atom. The minimum atomic E-state index is -0.254. The SMILES string of the molecule is C=CCCCc1ccccc1C=NN=Cc1ccc(-c2ccc(CCCCCC)cc2)c(F)c1. The Balaban J connectivity index is 1.61. The fourth-order valence-corrected chi connectivity index (χ4v) is 3.97. The Bertz CT molecular complexity index is 1100. The number of benzene rings is 3. The van der Waals surface area contributed by atoms with Gasteiger partial charge in [0.15, 0.2) is 0 Å². The summed E-state index contributed by atoms with van der Waals surface area (Å²) in [5.41, 5.74) is 5.79. The first-order valence-corrected chi connectivity index (χ1v) is 12.4. The Morgan fingerprint density at radius 3 is 2.38 bits per heavy atom. The first-order chi connectivity index (χ1) is 16.7. The molecule has 0 heterocycles. The maximum atomic E-state index is 14.8. The standard InChI is InChI=1S/C31H35FN2/c1-3-5-7-9-12-25-16-19-28(20-17-25)30-21-18-26(22-31(30)32)23-33-34-24-29-15-11-10-14-27(29)13-8-6-4-2/h4,10-11,14-24H,2-3,5-9,12-13H2,1H3. The molecular weight excluding hydrogens is 419 g/mol. The summed E-state index contributed by atoms with van der Waals surface area (Å²) in [6.07, 6.45) is 14.4. The van der Waals surface area contributed by atoms with Crippen molar-refractivity contribution in [2.45, 2.75) is 58.3 Å². The van der Waals surface area contributed by atoms with Crippen molar-refractivity contribution in [1.82, 2.24) is 0 Å². The molecule has 0 fully saturated rings. The molecule has 3 rings (SSSR count). The van der Waals surface area contributed by atoms with Gasteiger partial charge < -0.3 is 0 Å². The molecule has 2 nitrogen and oxygen atoms in total. The fourth-order valence-electron chi connectivity index (χ4n) is 3.97. The molecule has 0 amide bonds. The number of halogens is 1. The van der Waals surface area contributed by atoms with Crippen LogP contribution < -0.4 is 0 Å². The molecule has 3 aromatic carbocycles. The summed E-state index contributed by atoms with van der Waals surface area (Å²) in [4.78, 5) is 0. The van der Waals surface area contributed by atoms with Crippen molar-refractivity contribution in [2.75, 3.05) is 0 Å². The van der Waals surface area contributed by atoms with Crippen LogP contribution in [-0.4, -0.2) is 12.4 Å². The quantitative estimate of drug-likeness (QED) is 0.107. The largest absolute Gasteiger partial charge is 0.206 e. The van der Waals surface area contributed by atoms with Gasteiger partial charge in [0.05, 0.1) is 12.4 Å². The number of rotatable bonds is 13. The third kappa shape index (κ3) is 7.91. The molecule has 0 spiro atoms. The number of unbranched alkanes of at least 4 members (excludes halogenated alkanes) is 4. The minimum absolute atomic E-state index is 0.254. The van der Waals surface area contributed by atoms with E-state index in [4.69, 9.17) is 0 Å². The zero-order chi connectivity index (χ0) is 24.0. The molecule has 0 aliphatic carbocycles. The van der Waals surface area contributed by atoms with Gasteiger partial charge >= 0.3 is 0 Å². The Kier molecular flexibility index (Phi) is 10.4. The van der Waals surface area contributed by atoms with Crippen molar-refractivity contribution >= 4 is 12.4 Å². The Morgan fingerprint density at radius 2 is 1.62 bits per heavy atom. The molecule has 0 unspecified atom stereocenters. The van der Waals surface area contributed by atoms with Crippen LogP contribution in [0.25, 0.3) is 11.1 Å². The Labute approximate surface area is 204 Å². The second kappa shape index (κ2) is 14.0. The van der Waals surface area contributed by atoms with E-state index < -0.39 is 0 Å². The highest BCUT2D eigenvalue weighted by molar-refractivity contribution is 5.84. The van der Waals surface area contributed by atoms with Gasteiger partial charge in [0.1, 0.15) is 5.82 Å². The molecule has 0 aliphatic heterocycles. The predicted molar refractivity (Wildman–Crippen MR) is 144 cm³/mol. The molecule has 0 saturated heterocycles. The number of aryl methyl sites for hydroxylation is 2. The lowest BCUT2D eigenvalue weighted by Gasteiger charge is -2.07. The third-order valence-corrected chi connectivity index (χ3v) is 5.96. The van der Waals surface area contributed by atoms with Crippen LogP contribution in [0.15, 0.2) is 89.6 Å². The molecule has 3 aromatic rings. The molecule has 0 atom stereocenters. The van der Waals surface area contributed by atoms with Gasteiger partial charge in [0.2, 0.25) is 0 Å². The van der Waals surface area contributed by atoms with Crippen molar-refractivity contribution in [3.8, 4) is 11.1 Å². The third-order valence-electron chi connectivity index (χ3n) is 5.96. The fraction of sp³-hybridized carbons (Fsp3) is 0.290. The van der Waals surface area contributed by atoms with Crippen LogP contribution in [0.5, 0.6) is 0 Å². The van der Waals surface area contributed by atoms with E-state index in [2.05, 4.69) is 41.9 Å².